The van der Waals surface area contributed by atoms with Crippen LogP contribution < -0.4 is 9.47 Å². The van der Waals surface area contributed by atoms with Crippen molar-refractivity contribution in [3.05, 3.63) is 23.8 Å². The van der Waals surface area contributed by atoms with Crippen molar-refractivity contribution < 1.29 is 9.47 Å². The van der Waals surface area contributed by atoms with Gasteiger partial charge in [0.25, 0.3) is 0 Å². The topological polar surface area (TPSA) is 21.7 Å². The number of unbranched alkanes of at least 4 members (excludes halogenated alkanes) is 1. The Bertz CT molecular complexity index is 446. The molecule has 0 bridgehead atoms. The molecule has 1 fully saturated rings. The number of ether oxygens (including phenoxy) is 2. The van der Waals surface area contributed by atoms with E-state index in [0.717, 1.165) is 18.1 Å². The van der Waals surface area contributed by atoms with E-state index in [2.05, 4.69) is 24.0 Å². The summed E-state index contributed by atoms with van der Waals surface area (Å²) in [7, 11) is 1.76. The third kappa shape index (κ3) is 2.51. The second-order valence-corrected chi connectivity index (χ2v) is 5.99. The first kappa shape index (κ1) is 13.7. The molecule has 0 radical (unpaired) electrons. The zero-order chi connectivity index (χ0) is 13.9. The van der Waals surface area contributed by atoms with Gasteiger partial charge in [-0.2, -0.15) is 0 Å². The lowest BCUT2D eigenvalue weighted by Gasteiger charge is -2.42. The second kappa shape index (κ2) is 6.04. The smallest absolute Gasteiger partial charge is 0.126 e. The van der Waals surface area contributed by atoms with Crippen molar-refractivity contribution in [2.45, 2.75) is 32.1 Å². The maximum Gasteiger partial charge on any atom is 0.126 e. The van der Waals surface area contributed by atoms with Crippen molar-refractivity contribution in [2.75, 3.05) is 33.4 Å². The van der Waals surface area contributed by atoms with Crippen LogP contribution in [0.25, 0.3) is 0 Å². The van der Waals surface area contributed by atoms with E-state index in [9.17, 15) is 0 Å². The fourth-order valence-electron chi connectivity index (χ4n) is 3.63. The maximum absolute atomic E-state index is 5.98. The molecule has 0 N–H and O–H groups in total. The SMILES string of the molecule is CCCCN1CC[C@@H]2c3c(OC)cccc3OC[C@H]2C1. The Balaban J connectivity index is 1.78. The van der Waals surface area contributed by atoms with Crippen molar-refractivity contribution >= 4 is 0 Å². The molecular formula is C17H25NO2. The van der Waals surface area contributed by atoms with Crippen LogP contribution in [0.15, 0.2) is 18.2 Å². The van der Waals surface area contributed by atoms with Crippen LogP contribution in [0.5, 0.6) is 11.5 Å². The largest absolute Gasteiger partial charge is 0.496 e. The van der Waals surface area contributed by atoms with Gasteiger partial charge in [-0.15, -0.1) is 0 Å². The van der Waals surface area contributed by atoms with Crippen molar-refractivity contribution in [3.8, 4) is 11.5 Å². The standard InChI is InChI=1S/C17H25NO2/c1-3-4-9-18-10-8-14-13(11-18)12-20-16-7-5-6-15(19-2)17(14)16/h5-7,13-14H,3-4,8-12H2,1-2H3/t13-,14+/m1/s1. The number of hydrogen-bond acceptors (Lipinski definition) is 3. The first-order valence-corrected chi connectivity index (χ1v) is 7.85. The molecule has 0 aliphatic carbocycles. The lowest BCUT2D eigenvalue weighted by Crippen LogP contribution is -2.44. The first-order valence-electron chi connectivity index (χ1n) is 7.85. The average molecular weight is 275 g/mol. The van der Waals surface area contributed by atoms with Crippen molar-refractivity contribution in [2.24, 2.45) is 5.92 Å². The van der Waals surface area contributed by atoms with Gasteiger partial charge < -0.3 is 14.4 Å². The minimum atomic E-state index is 0.604. The zero-order valence-electron chi connectivity index (χ0n) is 12.6. The van der Waals surface area contributed by atoms with E-state index >= 15 is 0 Å². The lowest BCUT2D eigenvalue weighted by atomic mass is 9.78. The van der Waals surface area contributed by atoms with Crippen LogP contribution in [0.1, 0.15) is 37.7 Å². The predicted molar refractivity (Wildman–Crippen MR) is 80.7 cm³/mol. The quantitative estimate of drug-likeness (QED) is 0.841. The number of piperidine rings is 1. The van der Waals surface area contributed by atoms with E-state index in [4.69, 9.17) is 9.47 Å². The number of rotatable bonds is 4. The Kier molecular flexibility index (Phi) is 4.16. The van der Waals surface area contributed by atoms with Crippen LogP contribution in [0, 0.1) is 5.92 Å². The summed E-state index contributed by atoms with van der Waals surface area (Å²) < 4.78 is 11.5. The van der Waals surface area contributed by atoms with E-state index in [0.29, 0.717) is 11.8 Å². The lowest BCUT2D eigenvalue weighted by molar-refractivity contribution is 0.0907. The van der Waals surface area contributed by atoms with Gasteiger partial charge in [-0.05, 0) is 44.0 Å². The number of hydrogen-bond donors (Lipinski definition) is 0. The van der Waals surface area contributed by atoms with Gasteiger partial charge in [0, 0.05) is 18.0 Å². The van der Waals surface area contributed by atoms with Crippen molar-refractivity contribution in [1.82, 2.24) is 4.90 Å². The molecule has 3 nitrogen and oxygen atoms in total. The van der Waals surface area contributed by atoms with Gasteiger partial charge in [0.05, 0.1) is 13.7 Å². The zero-order valence-corrected chi connectivity index (χ0v) is 12.6. The second-order valence-electron chi connectivity index (χ2n) is 5.99. The summed E-state index contributed by atoms with van der Waals surface area (Å²) in [6, 6.07) is 6.17. The van der Waals surface area contributed by atoms with Crippen LogP contribution in [0.3, 0.4) is 0 Å². The van der Waals surface area contributed by atoms with Gasteiger partial charge in [-0.1, -0.05) is 19.4 Å². The van der Waals surface area contributed by atoms with Gasteiger partial charge in [-0.3, -0.25) is 0 Å². The van der Waals surface area contributed by atoms with Crippen LogP contribution in [0.4, 0.5) is 0 Å². The van der Waals surface area contributed by atoms with Gasteiger partial charge in [0.2, 0.25) is 0 Å². The van der Waals surface area contributed by atoms with E-state index in [-0.39, 0.29) is 0 Å². The third-order valence-electron chi connectivity index (χ3n) is 4.72. The van der Waals surface area contributed by atoms with Crippen molar-refractivity contribution in [1.29, 1.82) is 0 Å². The summed E-state index contributed by atoms with van der Waals surface area (Å²) in [6.07, 6.45) is 3.81. The Labute approximate surface area is 121 Å². The van der Waals surface area contributed by atoms with E-state index in [1.54, 1.807) is 7.11 Å². The summed E-state index contributed by atoms with van der Waals surface area (Å²) >= 11 is 0. The first-order chi connectivity index (χ1) is 9.83. The number of likely N-dealkylation sites (tertiary alicyclic amines) is 1. The summed E-state index contributed by atoms with van der Waals surface area (Å²) in [6.45, 7) is 6.73. The molecule has 2 heterocycles. The number of methoxy groups -OCH3 is 1. The molecule has 2 aliphatic heterocycles. The summed E-state index contributed by atoms with van der Waals surface area (Å²) in [5, 5.41) is 0. The highest BCUT2D eigenvalue weighted by molar-refractivity contribution is 5.49. The molecule has 0 unspecified atom stereocenters. The van der Waals surface area contributed by atoms with Gasteiger partial charge in [-0.25, -0.2) is 0 Å². The molecule has 1 aromatic carbocycles. The predicted octanol–water partition coefficient (Wildman–Crippen LogP) is 3.29. The van der Waals surface area contributed by atoms with E-state index in [1.807, 2.05) is 6.07 Å². The summed E-state index contributed by atoms with van der Waals surface area (Å²) in [5.74, 6) is 3.25. The molecule has 0 spiro atoms. The van der Waals surface area contributed by atoms with E-state index < -0.39 is 0 Å². The summed E-state index contributed by atoms with van der Waals surface area (Å²) in [4.78, 5) is 2.61. The number of nitrogens with zero attached hydrogens (tertiary/aromatic N) is 1. The van der Waals surface area contributed by atoms with Gasteiger partial charge >= 0.3 is 0 Å². The van der Waals surface area contributed by atoms with Gasteiger partial charge in [0.1, 0.15) is 11.5 Å². The minimum absolute atomic E-state index is 0.604. The maximum atomic E-state index is 5.98. The molecule has 0 amide bonds. The minimum Gasteiger partial charge on any atom is -0.496 e. The number of fused-ring (bicyclic) bond motifs is 3. The molecular weight excluding hydrogens is 250 g/mol. The molecule has 1 aromatic rings. The normalized spacial score (nSPS) is 25.5. The van der Waals surface area contributed by atoms with Crippen LogP contribution in [0.2, 0.25) is 0 Å². The van der Waals surface area contributed by atoms with Crippen molar-refractivity contribution in [3.63, 3.8) is 0 Å². The molecule has 110 valence electrons. The molecule has 2 aliphatic rings. The number of benzene rings is 1. The fraction of sp³-hybridized carbons (Fsp3) is 0.647. The Hall–Kier alpha value is -1.22. The van der Waals surface area contributed by atoms with Crippen LogP contribution in [-0.4, -0.2) is 38.3 Å². The Morgan fingerprint density at radius 2 is 2.30 bits per heavy atom. The fourth-order valence-corrected chi connectivity index (χ4v) is 3.63. The molecule has 20 heavy (non-hydrogen) atoms. The molecule has 1 saturated heterocycles. The highest BCUT2D eigenvalue weighted by atomic mass is 16.5. The van der Waals surface area contributed by atoms with Crippen LogP contribution in [-0.2, 0) is 0 Å². The van der Waals surface area contributed by atoms with Crippen LogP contribution >= 0.6 is 0 Å². The average Bonchev–Trinajstić information content (AvgIpc) is 2.51. The molecule has 2 atom stereocenters. The summed E-state index contributed by atoms with van der Waals surface area (Å²) in [5.41, 5.74) is 1.31. The molecule has 0 aromatic heterocycles. The molecule has 3 rings (SSSR count). The van der Waals surface area contributed by atoms with Gasteiger partial charge in [0.15, 0.2) is 0 Å². The monoisotopic (exact) mass is 275 g/mol. The molecule has 3 heteroatoms. The third-order valence-corrected chi connectivity index (χ3v) is 4.72. The highest BCUT2D eigenvalue weighted by Crippen LogP contribution is 2.46. The Morgan fingerprint density at radius 3 is 3.10 bits per heavy atom. The Morgan fingerprint density at radius 1 is 1.40 bits per heavy atom. The molecule has 0 saturated carbocycles. The highest BCUT2D eigenvalue weighted by Gasteiger charge is 2.37. The van der Waals surface area contributed by atoms with E-state index in [1.165, 1.54) is 44.5 Å².